The Morgan fingerprint density at radius 1 is 1.23 bits per heavy atom. The molecule has 0 saturated carbocycles. The molecule has 14 nitrogen and oxygen atoms in total. The number of nitrogens with zero attached hydrogens (tertiary/aromatic N) is 4. The number of hydrogen-bond donors (Lipinski definition) is 4. The van der Waals surface area contributed by atoms with Gasteiger partial charge in [-0.25, -0.2) is 13.4 Å². The van der Waals surface area contributed by atoms with Crippen LogP contribution in [0.15, 0.2) is 29.3 Å². The molecular formula is C27H34N8O6S2. The van der Waals surface area contributed by atoms with Crippen molar-refractivity contribution in [3.63, 3.8) is 0 Å². The molecule has 43 heavy (non-hydrogen) atoms. The average molecular weight is 631 g/mol. The summed E-state index contributed by atoms with van der Waals surface area (Å²) in [7, 11) is -2.05. The lowest BCUT2D eigenvalue weighted by Crippen LogP contribution is -2.57. The smallest absolute Gasteiger partial charge is 0.325 e. The number of hydrogen-bond acceptors (Lipinski definition) is 10. The molecule has 1 fully saturated rings. The number of carbonyl (C=O) groups excluding carboxylic acids is 3. The summed E-state index contributed by atoms with van der Waals surface area (Å²) in [4.78, 5) is 50.6. The summed E-state index contributed by atoms with van der Waals surface area (Å²) >= 11 is 1.32. The van der Waals surface area contributed by atoms with Crippen LogP contribution in [0.25, 0.3) is 10.9 Å². The first-order chi connectivity index (χ1) is 20.5. The van der Waals surface area contributed by atoms with Gasteiger partial charge in [0, 0.05) is 66.9 Å². The number of ether oxygens (including phenoxy) is 1. The molecule has 0 radical (unpaired) electrons. The number of likely N-dealkylation sites (N-methyl/N-ethyl adjacent to an activating group) is 1. The van der Waals surface area contributed by atoms with Crippen molar-refractivity contribution in [2.75, 3.05) is 46.4 Å². The number of H-pyrrole nitrogens is 1. The van der Waals surface area contributed by atoms with Crippen LogP contribution in [-0.4, -0.2) is 109 Å². The van der Waals surface area contributed by atoms with Crippen LogP contribution in [0.2, 0.25) is 0 Å². The predicted molar refractivity (Wildman–Crippen MR) is 159 cm³/mol. The van der Waals surface area contributed by atoms with Gasteiger partial charge in [-0.05, 0) is 38.2 Å². The molecule has 5 N–H and O–H groups in total. The maximum absolute atomic E-state index is 13.8. The Morgan fingerprint density at radius 3 is 2.77 bits per heavy atom. The second-order valence-electron chi connectivity index (χ2n) is 10.5. The number of benzene rings is 1. The summed E-state index contributed by atoms with van der Waals surface area (Å²) in [6.07, 6.45) is 0.513. The van der Waals surface area contributed by atoms with Crippen molar-refractivity contribution in [3.8, 4) is 0 Å². The number of nitrogens with two attached hydrogens (primary N) is 1. The highest BCUT2D eigenvalue weighted by atomic mass is 32.2. The second kappa shape index (κ2) is 12.4. The monoisotopic (exact) mass is 630 g/mol. The first-order valence-corrected chi connectivity index (χ1v) is 16.1. The topological polar surface area (TPSA) is 195 Å². The molecule has 16 heteroatoms. The molecule has 230 valence electrons. The third kappa shape index (κ3) is 6.56. The predicted octanol–water partition coefficient (Wildman–Crippen LogP) is 0.481. The number of carbonyl (C=O) groups is 3. The Labute approximate surface area is 252 Å². The number of nitrogen functional groups attached to an aromatic ring is 1. The fraction of sp³-hybridized carbons (Fsp3) is 0.444. The van der Waals surface area contributed by atoms with Crippen LogP contribution in [-0.2, 0) is 37.3 Å². The summed E-state index contributed by atoms with van der Waals surface area (Å²) < 4.78 is 33.6. The molecule has 1 atom stereocenters. The maximum Gasteiger partial charge on any atom is 0.325 e. The molecular weight excluding hydrogens is 596 g/mol. The van der Waals surface area contributed by atoms with Crippen molar-refractivity contribution >= 4 is 55.9 Å². The van der Waals surface area contributed by atoms with Gasteiger partial charge in [-0.3, -0.25) is 19.8 Å². The Kier molecular flexibility index (Phi) is 8.82. The lowest BCUT2D eigenvalue weighted by molar-refractivity contribution is -0.143. The van der Waals surface area contributed by atoms with Crippen LogP contribution in [0.4, 0.5) is 0 Å². The van der Waals surface area contributed by atoms with Gasteiger partial charge in [0.25, 0.3) is 15.9 Å². The van der Waals surface area contributed by atoms with Gasteiger partial charge in [0.1, 0.15) is 17.4 Å². The molecule has 1 unspecified atom stereocenters. The molecule has 1 aromatic carbocycles. The van der Waals surface area contributed by atoms with E-state index >= 15 is 0 Å². The highest BCUT2D eigenvalue weighted by molar-refractivity contribution is 7.89. The molecule has 4 heterocycles. The number of thiazole rings is 1. The highest BCUT2D eigenvalue weighted by Crippen LogP contribution is 2.29. The van der Waals surface area contributed by atoms with Gasteiger partial charge in [0.2, 0.25) is 5.91 Å². The first-order valence-electron chi connectivity index (χ1n) is 13.8. The van der Waals surface area contributed by atoms with Gasteiger partial charge in [-0.2, -0.15) is 4.31 Å². The SMILES string of the molecule is CCOC(=O)CNC(=O)CC1CN(S(=O)(=O)c2cc3cc(C(=N)N)ccc3[nH]2)CCN1C(=O)c1nc2c(s1)CN(C)CC2. The maximum atomic E-state index is 13.8. The van der Waals surface area contributed by atoms with E-state index in [1.807, 2.05) is 7.05 Å². The number of sulfonamides is 1. The van der Waals surface area contributed by atoms with E-state index in [1.54, 1.807) is 25.1 Å². The molecule has 0 bridgehead atoms. The van der Waals surface area contributed by atoms with Gasteiger partial charge < -0.3 is 30.6 Å². The molecule has 0 spiro atoms. The first kappa shape index (κ1) is 30.6. The highest BCUT2D eigenvalue weighted by Gasteiger charge is 2.39. The molecule has 2 aromatic heterocycles. The number of fused-ring (bicyclic) bond motifs is 2. The normalized spacial score (nSPS) is 17.9. The molecule has 1 saturated heterocycles. The van der Waals surface area contributed by atoms with Crippen molar-refractivity contribution in [2.45, 2.75) is 37.4 Å². The minimum absolute atomic E-state index is 0.0108. The van der Waals surface area contributed by atoms with Gasteiger partial charge in [-0.1, -0.05) is 0 Å². The minimum atomic E-state index is -4.05. The molecule has 2 aliphatic rings. The Bertz CT molecular complexity index is 1680. The zero-order chi connectivity index (χ0) is 30.9. The summed E-state index contributed by atoms with van der Waals surface area (Å²) in [5.74, 6) is -1.60. The van der Waals surface area contributed by atoms with Crippen LogP contribution in [0.5, 0.6) is 0 Å². The standard InChI is InChI=1S/C27H34N8O6S2/c1-3-41-24(37)13-30-22(36)12-18-14-34(43(39,40)23-11-17-10-16(25(28)29)4-5-19(17)31-23)8-9-35(18)27(38)26-32-20-6-7-33(2)15-21(20)42-26/h4-5,10-11,18,31H,3,6-9,12-15H2,1-2H3,(H3,28,29)(H,30,36). The number of rotatable bonds is 9. The number of piperazine rings is 1. The fourth-order valence-electron chi connectivity index (χ4n) is 5.25. The van der Waals surface area contributed by atoms with Crippen LogP contribution in [0.3, 0.4) is 0 Å². The molecule has 2 aliphatic heterocycles. The summed E-state index contributed by atoms with van der Waals surface area (Å²) in [5.41, 5.74) is 7.50. The van der Waals surface area contributed by atoms with E-state index in [-0.39, 0.29) is 56.0 Å². The zero-order valence-electron chi connectivity index (χ0n) is 23.9. The van der Waals surface area contributed by atoms with Crippen molar-refractivity contribution < 1.29 is 27.5 Å². The van der Waals surface area contributed by atoms with Crippen LogP contribution in [0, 0.1) is 5.41 Å². The summed E-state index contributed by atoms with van der Waals surface area (Å²) in [5, 5.41) is 11.0. The Hall–Kier alpha value is -3.86. The van der Waals surface area contributed by atoms with Crippen LogP contribution >= 0.6 is 11.3 Å². The van der Waals surface area contributed by atoms with Gasteiger partial charge >= 0.3 is 5.97 Å². The number of amidine groups is 1. The Morgan fingerprint density at radius 2 is 2.02 bits per heavy atom. The quantitative estimate of drug-likeness (QED) is 0.148. The number of aromatic nitrogens is 2. The lowest BCUT2D eigenvalue weighted by atomic mass is 10.1. The van der Waals surface area contributed by atoms with E-state index in [4.69, 9.17) is 15.9 Å². The van der Waals surface area contributed by atoms with E-state index < -0.39 is 27.9 Å². The number of aromatic amines is 1. The van der Waals surface area contributed by atoms with E-state index in [0.29, 0.717) is 28.0 Å². The number of esters is 1. The van der Waals surface area contributed by atoms with Crippen LogP contribution in [0.1, 0.15) is 39.3 Å². The van der Waals surface area contributed by atoms with E-state index in [9.17, 15) is 22.8 Å². The van der Waals surface area contributed by atoms with Gasteiger partial charge in [0.05, 0.1) is 18.3 Å². The second-order valence-corrected chi connectivity index (χ2v) is 13.5. The third-order valence-electron chi connectivity index (χ3n) is 7.49. The van der Waals surface area contributed by atoms with Crippen molar-refractivity contribution in [3.05, 3.63) is 45.4 Å². The number of nitrogens with one attached hydrogen (secondary N) is 3. The fourth-order valence-corrected chi connectivity index (χ4v) is 7.87. The van der Waals surface area contributed by atoms with Crippen LogP contribution < -0.4 is 11.1 Å². The van der Waals surface area contributed by atoms with Crippen molar-refractivity contribution in [1.82, 2.24) is 29.4 Å². The van der Waals surface area contributed by atoms with E-state index in [2.05, 4.69) is 20.2 Å². The summed E-state index contributed by atoms with van der Waals surface area (Å²) in [6, 6.07) is 5.58. The zero-order valence-corrected chi connectivity index (χ0v) is 25.5. The Balaban J connectivity index is 1.38. The number of amides is 2. The van der Waals surface area contributed by atoms with Gasteiger partial charge in [-0.15, -0.1) is 11.3 Å². The largest absolute Gasteiger partial charge is 0.465 e. The molecule has 5 rings (SSSR count). The molecule has 2 amide bonds. The van der Waals surface area contributed by atoms with E-state index in [0.717, 1.165) is 23.5 Å². The molecule has 0 aliphatic carbocycles. The van der Waals surface area contributed by atoms with Crippen molar-refractivity contribution in [2.24, 2.45) is 5.73 Å². The van der Waals surface area contributed by atoms with E-state index in [1.165, 1.54) is 26.6 Å². The average Bonchev–Trinajstić information content (AvgIpc) is 3.60. The lowest BCUT2D eigenvalue weighted by Gasteiger charge is -2.40. The third-order valence-corrected chi connectivity index (χ3v) is 10.4. The molecule has 3 aromatic rings. The minimum Gasteiger partial charge on any atom is -0.465 e. The van der Waals surface area contributed by atoms with Gasteiger partial charge in [0.15, 0.2) is 5.01 Å². The summed E-state index contributed by atoms with van der Waals surface area (Å²) in [6.45, 7) is 2.96. The van der Waals surface area contributed by atoms with Crippen molar-refractivity contribution in [1.29, 1.82) is 5.41 Å².